The first-order chi connectivity index (χ1) is 9.52. The summed E-state index contributed by atoms with van der Waals surface area (Å²) in [7, 11) is -6.43. The Labute approximate surface area is 138 Å². The lowest BCUT2D eigenvalue weighted by Crippen LogP contribution is -2.58. The van der Waals surface area contributed by atoms with E-state index >= 15 is 0 Å². The maximum atomic E-state index is 12.7. The molecule has 0 unspecified atom stereocenters. The highest BCUT2D eigenvalue weighted by Gasteiger charge is 2.53. The van der Waals surface area contributed by atoms with Gasteiger partial charge >= 0.3 is 11.9 Å². The van der Waals surface area contributed by atoms with E-state index in [1.807, 2.05) is 58.9 Å². The van der Waals surface area contributed by atoms with E-state index in [4.69, 9.17) is 13.3 Å². The predicted molar refractivity (Wildman–Crippen MR) is 96.3 cm³/mol. The van der Waals surface area contributed by atoms with Gasteiger partial charge in [-0.2, -0.15) is 0 Å². The fraction of sp³-hybridized carbons (Fsp3) is 0.857. The van der Waals surface area contributed by atoms with Crippen molar-refractivity contribution in [2.45, 2.75) is 77.9 Å². The van der Waals surface area contributed by atoms with Crippen molar-refractivity contribution < 1.29 is 22.9 Å². The Morgan fingerprint density at radius 3 is 1.23 bits per heavy atom. The molecule has 22 heavy (non-hydrogen) atoms. The summed E-state index contributed by atoms with van der Waals surface area (Å²) < 4.78 is 17.2. The lowest BCUT2D eigenvalue weighted by molar-refractivity contribution is -0.171. The Morgan fingerprint density at radius 2 is 1.05 bits per heavy atom. The average Bonchev–Trinajstić information content (AvgIpc) is 2.19. The predicted octanol–water partition coefficient (Wildman–Crippen LogP) is 3.74. The fourth-order valence-electron chi connectivity index (χ4n) is 1.77. The van der Waals surface area contributed by atoms with E-state index < -0.39 is 42.5 Å². The van der Waals surface area contributed by atoms with Gasteiger partial charge in [-0.05, 0) is 65.3 Å². The van der Waals surface area contributed by atoms with Crippen LogP contribution in [0.3, 0.4) is 0 Å². The Bertz CT molecular complexity index is 388. The summed E-state index contributed by atoms with van der Waals surface area (Å²) >= 11 is 0. The summed E-state index contributed by atoms with van der Waals surface area (Å²) in [6.45, 7) is 19.0. The standard InChI is InChI=1S/C14H32O5Si3/c1-11-14(19-22(8,9)10,12(15)17-20(2,3)4)13(16)18-21(5,6)7/h11H2,1-10H3. The van der Waals surface area contributed by atoms with Gasteiger partial charge in [-0.15, -0.1) is 0 Å². The highest BCUT2D eigenvalue weighted by Crippen LogP contribution is 2.28. The Kier molecular flexibility index (Phi) is 6.84. The second-order valence-electron chi connectivity index (χ2n) is 8.40. The van der Waals surface area contributed by atoms with Crippen LogP contribution in [-0.2, 0) is 22.9 Å². The summed E-state index contributed by atoms with van der Waals surface area (Å²) in [6.07, 6.45) is 0.212. The van der Waals surface area contributed by atoms with Gasteiger partial charge in [-0.25, -0.2) is 9.59 Å². The molecule has 0 bridgehead atoms. The fourth-order valence-corrected chi connectivity index (χ4v) is 4.57. The first kappa shape index (κ1) is 21.6. The average molecular weight is 365 g/mol. The van der Waals surface area contributed by atoms with E-state index in [0.29, 0.717) is 0 Å². The molecule has 0 aromatic carbocycles. The molecule has 0 fully saturated rings. The molecular formula is C14H32O5Si3. The van der Waals surface area contributed by atoms with Gasteiger partial charge in [0.2, 0.25) is 16.6 Å². The minimum absolute atomic E-state index is 0.212. The van der Waals surface area contributed by atoms with Crippen LogP contribution in [0.25, 0.3) is 0 Å². The molecule has 0 aromatic heterocycles. The van der Waals surface area contributed by atoms with Gasteiger partial charge < -0.3 is 13.3 Å². The van der Waals surface area contributed by atoms with Gasteiger partial charge in [0.1, 0.15) is 0 Å². The van der Waals surface area contributed by atoms with Crippen molar-refractivity contribution in [3.63, 3.8) is 0 Å². The molecule has 0 aromatic rings. The second-order valence-corrected chi connectivity index (χ2v) is 21.7. The van der Waals surface area contributed by atoms with Crippen LogP contribution in [0.2, 0.25) is 58.9 Å². The Balaban J connectivity index is 5.73. The molecule has 0 aliphatic carbocycles. The van der Waals surface area contributed by atoms with Crippen molar-refractivity contribution in [3.8, 4) is 0 Å². The Hall–Kier alpha value is -0.449. The smallest absolute Gasteiger partial charge is 0.335 e. The number of carbonyl (C=O) groups is 2. The maximum Gasteiger partial charge on any atom is 0.335 e. The molecule has 0 spiro atoms. The topological polar surface area (TPSA) is 61.8 Å². The molecule has 0 atom stereocenters. The van der Waals surface area contributed by atoms with Gasteiger partial charge in [0, 0.05) is 0 Å². The molecule has 0 rings (SSSR count). The van der Waals surface area contributed by atoms with Crippen LogP contribution in [0.4, 0.5) is 0 Å². The third kappa shape index (κ3) is 7.21. The van der Waals surface area contributed by atoms with Crippen molar-refractivity contribution in [2.75, 3.05) is 0 Å². The van der Waals surface area contributed by atoms with E-state index in [1.54, 1.807) is 6.92 Å². The number of hydrogen-bond acceptors (Lipinski definition) is 5. The zero-order valence-electron chi connectivity index (χ0n) is 15.7. The summed E-state index contributed by atoms with van der Waals surface area (Å²) in [4.78, 5) is 25.5. The molecule has 0 N–H and O–H groups in total. The quantitative estimate of drug-likeness (QED) is 0.508. The number of hydrogen-bond donors (Lipinski definition) is 0. The maximum absolute atomic E-state index is 12.7. The van der Waals surface area contributed by atoms with Crippen LogP contribution in [0.15, 0.2) is 0 Å². The monoisotopic (exact) mass is 364 g/mol. The van der Waals surface area contributed by atoms with Crippen LogP contribution in [0.5, 0.6) is 0 Å². The van der Waals surface area contributed by atoms with Crippen LogP contribution in [0, 0.1) is 0 Å². The number of carbonyl (C=O) groups excluding carboxylic acids is 2. The summed E-state index contributed by atoms with van der Waals surface area (Å²) in [5.74, 6) is -1.19. The van der Waals surface area contributed by atoms with Crippen molar-refractivity contribution in [2.24, 2.45) is 0 Å². The third-order valence-electron chi connectivity index (χ3n) is 2.44. The molecule has 0 saturated carbocycles. The molecular weight excluding hydrogens is 332 g/mol. The number of rotatable bonds is 7. The van der Waals surface area contributed by atoms with Crippen molar-refractivity contribution >= 4 is 36.9 Å². The lowest BCUT2D eigenvalue weighted by atomic mass is 10.0. The van der Waals surface area contributed by atoms with E-state index in [0.717, 1.165) is 0 Å². The van der Waals surface area contributed by atoms with Gasteiger partial charge in [0.25, 0.3) is 5.60 Å². The van der Waals surface area contributed by atoms with Gasteiger partial charge in [-0.3, -0.25) is 0 Å². The first-order valence-electron chi connectivity index (χ1n) is 7.69. The van der Waals surface area contributed by atoms with Crippen LogP contribution in [0.1, 0.15) is 13.3 Å². The molecule has 0 aliphatic rings. The molecule has 5 nitrogen and oxygen atoms in total. The highest BCUT2D eigenvalue weighted by molar-refractivity contribution is 6.73. The molecule has 0 aliphatic heterocycles. The van der Waals surface area contributed by atoms with E-state index in [-0.39, 0.29) is 6.42 Å². The van der Waals surface area contributed by atoms with Crippen LogP contribution < -0.4 is 0 Å². The minimum Gasteiger partial charge on any atom is -0.517 e. The summed E-state index contributed by atoms with van der Waals surface area (Å²) in [6, 6.07) is 0. The van der Waals surface area contributed by atoms with E-state index in [9.17, 15) is 9.59 Å². The molecule has 0 amide bonds. The Morgan fingerprint density at radius 1 is 0.727 bits per heavy atom. The minimum atomic E-state index is -2.16. The molecule has 0 saturated heterocycles. The van der Waals surface area contributed by atoms with Crippen molar-refractivity contribution in [3.05, 3.63) is 0 Å². The molecule has 8 heteroatoms. The van der Waals surface area contributed by atoms with Crippen LogP contribution in [-0.4, -0.2) is 42.5 Å². The normalized spacial score (nSPS) is 13.7. The zero-order chi connectivity index (χ0) is 18.0. The largest absolute Gasteiger partial charge is 0.517 e. The third-order valence-corrected chi connectivity index (χ3v) is 4.99. The second kappa shape index (κ2) is 6.98. The van der Waals surface area contributed by atoms with Crippen LogP contribution >= 0.6 is 0 Å². The lowest BCUT2D eigenvalue weighted by Gasteiger charge is -2.37. The first-order valence-corrected chi connectivity index (χ1v) is 17.9. The van der Waals surface area contributed by atoms with E-state index in [1.165, 1.54) is 0 Å². The summed E-state index contributed by atoms with van der Waals surface area (Å²) in [5, 5.41) is 0. The van der Waals surface area contributed by atoms with Gasteiger partial charge in [0.15, 0.2) is 8.32 Å². The molecule has 0 heterocycles. The SMILES string of the molecule is CCC(O[Si](C)(C)C)(C(=O)O[Si](C)(C)C)C(=O)O[Si](C)(C)C. The summed E-state index contributed by atoms with van der Waals surface area (Å²) in [5.41, 5.74) is -1.63. The molecule has 0 radical (unpaired) electrons. The van der Waals surface area contributed by atoms with Gasteiger partial charge in [0.05, 0.1) is 0 Å². The zero-order valence-corrected chi connectivity index (χ0v) is 18.7. The molecule has 130 valence electrons. The van der Waals surface area contributed by atoms with Crippen molar-refractivity contribution in [1.29, 1.82) is 0 Å². The highest BCUT2D eigenvalue weighted by atomic mass is 28.4. The van der Waals surface area contributed by atoms with E-state index in [2.05, 4.69) is 0 Å². The van der Waals surface area contributed by atoms with Crippen molar-refractivity contribution in [1.82, 2.24) is 0 Å². The van der Waals surface area contributed by atoms with Gasteiger partial charge in [-0.1, -0.05) is 6.92 Å².